The van der Waals surface area contributed by atoms with Crippen LogP contribution in [0.1, 0.15) is 6.42 Å². The first kappa shape index (κ1) is 9.83. The number of hydrogen-bond donors (Lipinski definition) is 0. The Morgan fingerprint density at radius 3 is 2.77 bits per heavy atom. The Kier molecular flexibility index (Phi) is 2.45. The Morgan fingerprint density at radius 2 is 2.38 bits per heavy atom. The van der Waals surface area contributed by atoms with Crippen LogP contribution >= 0.6 is 0 Å². The maximum Gasteiger partial charge on any atom is 0.330 e. The van der Waals surface area contributed by atoms with Crippen molar-refractivity contribution < 1.29 is 23.1 Å². The zero-order valence-corrected chi connectivity index (χ0v) is 6.76. The van der Waals surface area contributed by atoms with Crippen molar-refractivity contribution in [2.75, 3.05) is 6.61 Å². The summed E-state index contributed by atoms with van der Waals surface area (Å²) in [6.07, 6.45) is 0.663. The van der Waals surface area contributed by atoms with E-state index in [-0.39, 0.29) is 6.42 Å². The molecule has 0 bridgehead atoms. The summed E-state index contributed by atoms with van der Waals surface area (Å²) in [6.45, 7) is 2.68. The van der Waals surface area contributed by atoms with E-state index in [0.29, 0.717) is 0 Å². The van der Waals surface area contributed by atoms with Gasteiger partial charge >= 0.3 is 11.9 Å². The number of halogens is 2. The monoisotopic (exact) mass is 190 g/mol. The molecule has 1 rings (SSSR count). The summed E-state index contributed by atoms with van der Waals surface area (Å²) in [5.74, 6) is -6.33. The smallest absolute Gasteiger partial charge is 0.330 e. The zero-order valence-electron chi connectivity index (χ0n) is 6.76. The third-order valence-electron chi connectivity index (χ3n) is 1.91. The first-order valence-corrected chi connectivity index (χ1v) is 3.68. The molecule has 0 aromatic heterocycles. The van der Waals surface area contributed by atoms with Gasteiger partial charge in [-0.25, -0.2) is 4.79 Å². The van der Waals surface area contributed by atoms with E-state index in [1.165, 1.54) is 0 Å². The molecule has 0 heterocycles. The molecule has 1 aliphatic carbocycles. The number of esters is 1. The topological polar surface area (TPSA) is 43.4 Å². The highest BCUT2D eigenvalue weighted by molar-refractivity contribution is 5.92. The lowest BCUT2D eigenvalue weighted by molar-refractivity contribution is -0.182. The summed E-state index contributed by atoms with van der Waals surface area (Å²) >= 11 is 0. The molecular formula is C8H8F2O3. The second kappa shape index (κ2) is 3.24. The third-order valence-corrected chi connectivity index (χ3v) is 1.91. The summed E-state index contributed by atoms with van der Waals surface area (Å²) in [5.41, 5.74) is 0. The molecule has 0 aromatic rings. The molecule has 5 heteroatoms. The number of Topliss-reactive ketones (excluding diaryl/α,β-unsaturated/α-hetero) is 1. The van der Waals surface area contributed by atoms with Crippen molar-refractivity contribution in [3.05, 3.63) is 12.7 Å². The van der Waals surface area contributed by atoms with Gasteiger partial charge in [0.1, 0.15) is 6.61 Å². The van der Waals surface area contributed by atoms with Crippen LogP contribution in [0.2, 0.25) is 0 Å². The molecule has 1 aliphatic rings. The number of alkyl halides is 2. The zero-order chi connectivity index (χ0) is 10.1. The van der Waals surface area contributed by atoms with E-state index in [4.69, 9.17) is 0 Å². The predicted octanol–water partition coefficient (Wildman–Crippen LogP) is 0.940. The first-order chi connectivity index (χ1) is 5.98. The highest BCUT2D eigenvalue weighted by atomic mass is 19.3. The SMILES string of the molecule is C=CC(=O)OCC1CC(=O)C1(F)F. The van der Waals surface area contributed by atoms with E-state index in [9.17, 15) is 18.4 Å². The molecule has 0 amide bonds. The maximum absolute atomic E-state index is 12.6. The van der Waals surface area contributed by atoms with E-state index in [2.05, 4.69) is 11.3 Å². The Hall–Kier alpha value is -1.26. The molecule has 0 aromatic carbocycles. The van der Waals surface area contributed by atoms with Crippen molar-refractivity contribution in [1.29, 1.82) is 0 Å². The fourth-order valence-corrected chi connectivity index (χ4v) is 0.990. The molecule has 1 fully saturated rings. The van der Waals surface area contributed by atoms with E-state index in [0.717, 1.165) is 6.08 Å². The Bertz CT molecular complexity index is 260. The summed E-state index contributed by atoms with van der Waals surface area (Å²) < 4.78 is 29.6. The van der Waals surface area contributed by atoms with Crippen LogP contribution in [0.4, 0.5) is 8.78 Å². The van der Waals surface area contributed by atoms with Gasteiger partial charge in [-0.3, -0.25) is 4.79 Å². The minimum Gasteiger partial charge on any atom is -0.462 e. The van der Waals surface area contributed by atoms with Crippen LogP contribution < -0.4 is 0 Å². The Balaban J connectivity index is 2.37. The fraction of sp³-hybridized carbons (Fsp3) is 0.500. The van der Waals surface area contributed by atoms with Crippen molar-refractivity contribution in [1.82, 2.24) is 0 Å². The van der Waals surface area contributed by atoms with Crippen LogP contribution in [0.15, 0.2) is 12.7 Å². The third kappa shape index (κ3) is 1.74. The lowest BCUT2D eigenvalue weighted by atomic mass is 9.80. The van der Waals surface area contributed by atoms with Gasteiger partial charge in [0.2, 0.25) is 5.78 Å². The van der Waals surface area contributed by atoms with E-state index >= 15 is 0 Å². The number of hydrogen-bond acceptors (Lipinski definition) is 3. The molecule has 3 nitrogen and oxygen atoms in total. The predicted molar refractivity (Wildman–Crippen MR) is 39.2 cm³/mol. The Labute approximate surface area is 73.4 Å². The Morgan fingerprint density at radius 1 is 1.77 bits per heavy atom. The summed E-state index contributed by atoms with van der Waals surface area (Å²) in [5, 5.41) is 0. The molecule has 0 radical (unpaired) electrons. The van der Waals surface area contributed by atoms with E-state index in [1.807, 2.05) is 0 Å². The van der Waals surface area contributed by atoms with Crippen LogP contribution in [0.25, 0.3) is 0 Å². The number of carbonyl (C=O) groups is 2. The van der Waals surface area contributed by atoms with Gasteiger partial charge in [-0.05, 0) is 0 Å². The molecule has 72 valence electrons. The van der Waals surface area contributed by atoms with Crippen LogP contribution in [0.5, 0.6) is 0 Å². The van der Waals surface area contributed by atoms with Crippen LogP contribution in [0, 0.1) is 5.92 Å². The van der Waals surface area contributed by atoms with Gasteiger partial charge in [0, 0.05) is 12.5 Å². The minimum absolute atomic E-state index is 0.225. The average Bonchev–Trinajstić information content (AvgIpc) is 2.11. The maximum atomic E-state index is 12.6. The standard InChI is InChI=1S/C8H8F2O3/c1-2-7(12)13-4-5-3-6(11)8(5,9)10/h2,5H,1,3-4H2. The quantitative estimate of drug-likeness (QED) is 0.491. The van der Waals surface area contributed by atoms with E-state index < -0.39 is 30.2 Å². The molecular weight excluding hydrogens is 182 g/mol. The first-order valence-electron chi connectivity index (χ1n) is 3.68. The van der Waals surface area contributed by atoms with Gasteiger partial charge in [0.15, 0.2) is 0 Å². The van der Waals surface area contributed by atoms with Gasteiger partial charge < -0.3 is 4.74 Å². The normalized spacial score (nSPS) is 24.8. The molecule has 0 spiro atoms. The van der Waals surface area contributed by atoms with Gasteiger partial charge in [-0.1, -0.05) is 6.58 Å². The van der Waals surface area contributed by atoms with Gasteiger partial charge in [-0.15, -0.1) is 0 Å². The van der Waals surface area contributed by atoms with Gasteiger partial charge in [0.25, 0.3) is 0 Å². The van der Waals surface area contributed by atoms with Crippen molar-refractivity contribution in [3.63, 3.8) is 0 Å². The summed E-state index contributed by atoms with van der Waals surface area (Å²) in [4.78, 5) is 20.8. The second-order valence-electron chi connectivity index (χ2n) is 2.78. The highest BCUT2D eigenvalue weighted by Crippen LogP contribution is 2.40. The number of ketones is 1. The molecule has 13 heavy (non-hydrogen) atoms. The fourth-order valence-electron chi connectivity index (χ4n) is 0.990. The number of carbonyl (C=O) groups excluding carboxylic acids is 2. The van der Waals surface area contributed by atoms with Gasteiger partial charge in [0.05, 0.1) is 5.92 Å². The molecule has 1 unspecified atom stereocenters. The lowest BCUT2D eigenvalue weighted by Crippen LogP contribution is -2.51. The summed E-state index contributed by atoms with van der Waals surface area (Å²) in [7, 11) is 0. The average molecular weight is 190 g/mol. The van der Waals surface area contributed by atoms with Crippen LogP contribution in [-0.4, -0.2) is 24.3 Å². The lowest BCUT2D eigenvalue weighted by Gasteiger charge is -2.33. The molecule has 1 saturated carbocycles. The van der Waals surface area contributed by atoms with Crippen LogP contribution in [0.3, 0.4) is 0 Å². The van der Waals surface area contributed by atoms with Crippen molar-refractivity contribution in [2.24, 2.45) is 5.92 Å². The van der Waals surface area contributed by atoms with Crippen molar-refractivity contribution >= 4 is 11.8 Å². The molecule has 1 atom stereocenters. The highest BCUT2D eigenvalue weighted by Gasteiger charge is 2.57. The number of ether oxygens (including phenoxy) is 1. The van der Waals surface area contributed by atoms with E-state index in [1.54, 1.807) is 0 Å². The number of rotatable bonds is 3. The van der Waals surface area contributed by atoms with Gasteiger partial charge in [-0.2, -0.15) is 8.78 Å². The van der Waals surface area contributed by atoms with Crippen molar-refractivity contribution in [3.8, 4) is 0 Å². The molecule has 0 aliphatic heterocycles. The van der Waals surface area contributed by atoms with Crippen LogP contribution in [-0.2, 0) is 14.3 Å². The second-order valence-corrected chi connectivity index (χ2v) is 2.78. The molecule has 0 N–H and O–H groups in total. The minimum atomic E-state index is -3.32. The largest absolute Gasteiger partial charge is 0.462 e. The van der Waals surface area contributed by atoms with Crippen molar-refractivity contribution in [2.45, 2.75) is 12.3 Å². The summed E-state index contributed by atoms with van der Waals surface area (Å²) in [6, 6.07) is 0. The molecule has 0 saturated heterocycles.